The first-order valence-electron chi connectivity index (χ1n) is 5.70. The van der Waals surface area contributed by atoms with E-state index in [0.29, 0.717) is 12.5 Å². The highest BCUT2D eigenvalue weighted by molar-refractivity contribution is 5.82. The maximum atomic E-state index is 11.6. The van der Waals surface area contributed by atoms with Crippen molar-refractivity contribution in [2.24, 2.45) is 0 Å². The van der Waals surface area contributed by atoms with Gasteiger partial charge < -0.3 is 15.6 Å². The Morgan fingerprint density at radius 2 is 2.24 bits per heavy atom. The molecule has 0 fully saturated rings. The van der Waals surface area contributed by atoms with Gasteiger partial charge in [0.1, 0.15) is 6.54 Å². The molecule has 90 valence electrons. The van der Waals surface area contributed by atoms with E-state index in [4.69, 9.17) is 5.73 Å². The fraction of sp³-hybridized carbons (Fsp3) is 0.333. The molecule has 0 unspecified atom stereocenters. The number of rotatable bonds is 4. The van der Waals surface area contributed by atoms with Gasteiger partial charge in [0.2, 0.25) is 11.9 Å². The van der Waals surface area contributed by atoms with Crippen molar-refractivity contribution in [2.45, 2.75) is 19.9 Å². The van der Waals surface area contributed by atoms with E-state index >= 15 is 0 Å². The highest BCUT2D eigenvalue weighted by Gasteiger charge is 2.10. The van der Waals surface area contributed by atoms with Gasteiger partial charge in [-0.1, -0.05) is 19.1 Å². The SMILES string of the molecule is CCCNC(=O)Cn1c(N)nc2ccccc21. The second kappa shape index (κ2) is 4.86. The summed E-state index contributed by atoms with van der Waals surface area (Å²) in [7, 11) is 0. The minimum atomic E-state index is -0.0401. The van der Waals surface area contributed by atoms with Crippen molar-refractivity contribution in [3.63, 3.8) is 0 Å². The summed E-state index contributed by atoms with van der Waals surface area (Å²) >= 11 is 0. The molecule has 5 nitrogen and oxygen atoms in total. The summed E-state index contributed by atoms with van der Waals surface area (Å²) < 4.78 is 1.72. The molecule has 0 atom stereocenters. The zero-order valence-electron chi connectivity index (χ0n) is 9.81. The van der Waals surface area contributed by atoms with E-state index in [1.807, 2.05) is 31.2 Å². The first kappa shape index (κ1) is 11.4. The molecule has 17 heavy (non-hydrogen) atoms. The molecular formula is C12H16N4O. The lowest BCUT2D eigenvalue weighted by atomic mass is 10.3. The van der Waals surface area contributed by atoms with Crippen LogP contribution in [-0.2, 0) is 11.3 Å². The van der Waals surface area contributed by atoms with Crippen LogP contribution in [0.4, 0.5) is 5.95 Å². The van der Waals surface area contributed by atoms with Gasteiger partial charge in [-0.05, 0) is 18.6 Å². The lowest BCUT2D eigenvalue weighted by molar-refractivity contribution is -0.121. The molecule has 2 aromatic rings. The molecule has 0 saturated carbocycles. The largest absolute Gasteiger partial charge is 0.369 e. The highest BCUT2D eigenvalue weighted by Crippen LogP contribution is 2.16. The Labute approximate surface area is 99.6 Å². The van der Waals surface area contributed by atoms with Crippen LogP contribution in [0.3, 0.4) is 0 Å². The molecule has 1 aromatic carbocycles. The molecule has 2 rings (SSSR count). The van der Waals surface area contributed by atoms with Gasteiger partial charge in [-0.3, -0.25) is 4.79 Å². The summed E-state index contributed by atoms with van der Waals surface area (Å²) in [6, 6.07) is 7.60. The van der Waals surface area contributed by atoms with Gasteiger partial charge in [0, 0.05) is 6.54 Å². The summed E-state index contributed by atoms with van der Waals surface area (Å²) in [5.74, 6) is 0.333. The van der Waals surface area contributed by atoms with Gasteiger partial charge >= 0.3 is 0 Å². The van der Waals surface area contributed by atoms with Crippen molar-refractivity contribution < 1.29 is 4.79 Å². The second-order valence-corrected chi connectivity index (χ2v) is 3.89. The fourth-order valence-corrected chi connectivity index (χ4v) is 1.72. The van der Waals surface area contributed by atoms with Crippen LogP contribution in [-0.4, -0.2) is 22.0 Å². The van der Waals surface area contributed by atoms with E-state index in [9.17, 15) is 4.79 Å². The second-order valence-electron chi connectivity index (χ2n) is 3.89. The van der Waals surface area contributed by atoms with Crippen molar-refractivity contribution in [1.29, 1.82) is 0 Å². The lowest BCUT2D eigenvalue weighted by Crippen LogP contribution is -2.28. The number of aromatic nitrogens is 2. The standard InChI is InChI=1S/C12H16N4O/c1-2-7-14-11(17)8-16-10-6-4-3-5-9(10)15-12(16)13/h3-6H,2,7-8H2,1H3,(H2,13,15)(H,14,17). The summed E-state index contributed by atoms with van der Waals surface area (Å²) in [4.78, 5) is 15.9. The van der Waals surface area contributed by atoms with Crippen molar-refractivity contribution in [3.8, 4) is 0 Å². The molecule has 1 aromatic heterocycles. The highest BCUT2D eigenvalue weighted by atomic mass is 16.1. The van der Waals surface area contributed by atoms with Crippen LogP contribution in [0.2, 0.25) is 0 Å². The van der Waals surface area contributed by atoms with E-state index in [1.54, 1.807) is 4.57 Å². The fourth-order valence-electron chi connectivity index (χ4n) is 1.72. The Morgan fingerprint density at radius 3 is 3.00 bits per heavy atom. The van der Waals surface area contributed by atoms with E-state index in [-0.39, 0.29) is 12.5 Å². The number of nitrogens with two attached hydrogens (primary N) is 1. The Hall–Kier alpha value is -2.04. The number of nitrogens with one attached hydrogen (secondary N) is 1. The Bertz CT molecular complexity index is 532. The van der Waals surface area contributed by atoms with Crippen molar-refractivity contribution in [3.05, 3.63) is 24.3 Å². The summed E-state index contributed by atoms with van der Waals surface area (Å²) in [6.45, 7) is 2.92. The lowest BCUT2D eigenvalue weighted by Gasteiger charge is -2.06. The van der Waals surface area contributed by atoms with Crippen molar-refractivity contribution in [1.82, 2.24) is 14.9 Å². The zero-order chi connectivity index (χ0) is 12.3. The first-order chi connectivity index (χ1) is 8.22. The molecular weight excluding hydrogens is 216 g/mol. The third kappa shape index (κ3) is 2.38. The number of para-hydroxylation sites is 2. The molecule has 0 bridgehead atoms. The molecule has 3 N–H and O–H groups in total. The average Bonchev–Trinajstić information content (AvgIpc) is 2.64. The van der Waals surface area contributed by atoms with E-state index in [1.165, 1.54) is 0 Å². The predicted octanol–water partition coefficient (Wildman–Crippen LogP) is 1.14. The number of nitrogens with zero attached hydrogens (tertiary/aromatic N) is 2. The zero-order valence-corrected chi connectivity index (χ0v) is 9.81. The number of hydrogen-bond acceptors (Lipinski definition) is 3. The summed E-state index contributed by atoms with van der Waals surface area (Å²) in [5, 5.41) is 2.82. The molecule has 0 spiro atoms. The van der Waals surface area contributed by atoms with Crippen LogP contribution in [0.15, 0.2) is 24.3 Å². The van der Waals surface area contributed by atoms with Crippen LogP contribution in [0.5, 0.6) is 0 Å². The maximum absolute atomic E-state index is 11.6. The Balaban J connectivity index is 2.23. The number of amides is 1. The number of carbonyl (C=O) groups excluding carboxylic acids is 1. The monoisotopic (exact) mass is 232 g/mol. The van der Waals surface area contributed by atoms with Crippen molar-refractivity contribution in [2.75, 3.05) is 12.3 Å². The molecule has 1 amide bonds. The number of nitrogen functional groups attached to an aromatic ring is 1. The third-order valence-corrected chi connectivity index (χ3v) is 2.56. The third-order valence-electron chi connectivity index (χ3n) is 2.56. The number of anilines is 1. The van der Waals surface area contributed by atoms with Crippen LogP contribution < -0.4 is 11.1 Å². The van der Waals surface area contributed by atoms with Crippen molar-refractivity contribution >= 4 is 22.9 Å². The summed E-state index contributed by atoms with van der Waals surface area (Å²) in [5.41, 5.74) is 7.50. The average molecular weight is 232 g/mol. The predicted molar refractivity (Wildman–Crippen MR) is 67.4 cm³/mol. The Morgan fingerprint density at radius 1 is 1.47 bits per heavy atom. The maximum Gasteiger partial charge on any atom is 0.240 e. The quantitative estimate of drug-likeness (QED) is 0.830. The van der Waals surface area contributed by atoms with Gasteiger partial charge in [-0.2, -0.15) is 0 Å². The number of imidazole rings is 1. The normalized spacial score (nSPS) is 10.6. The first-order valence-corrected chi connectivity index (χ1v) is 5.70. The molecule has 5 heteroatoms. The number of carbonyl (C=O) groups is 1. The van der Waals surface area contributed by atoms with E-state index < -0.39 is 0 Å². The molecule has 0 radical (unpaired) electrons. The molecule has 0 aliphatic carbocycles. The van der Waals surface area contributed by atoms with Crippen LogP contribution in [0, 0.1) is 0 Å². The molecule has 0 aliphatic rings. The smallest absolute Gasteiger partial charge is 0.240 e. The molecule has 0 saturated heterocycles. The minimum absolute atomic E-state index is 0.0401. The number of fused-ring (bicyclic) bond motifs is 1. The minimum Gasteiger partial charge on any atom is -0.369 e. The van der Waals surface area contributed by atoms with Crippen LogP contribution in [0.1, 0.15) is 13.3 Å². The van der Waals surface area contributed by atoms with Gasteiger partial charge in [0.25, 0.3) is 0 Å². The number of benzene rings is 1. The topological polar surface area (TPSA) is 72.9 Å². The van der Waals surface area contributed by atoms with Crippen LogP contribution in [0.25, 0.3) is 11.0 Å². The molecule has 1 heterocycles. The van der Waals surface area contributed by atoms with Gasteiger partial charge in [-0.25, -0.2) is 4.98 Å². The summed E-state index contributed by atoms with van der Waals surface area (Å²) in [6.07, 6.45) is 0.923. The van der Waals surface area contributed by atoms with E-state index in [2.05, 4.69) is 10.3 Å². The van der Waals surface area contributed by atoms with Gasteiger partial charge in [0.05, 0.1) is 11.0 Å². The molecule has 0 aliphatic heterocycles. The van der Waals surface area contributed by atoms with E-state index in [0.717, 1.165) is 17.5 Å². The number of hydrogen-bond donors (Lipinski definition) is 2. The Kier molecular flexibility index (Phi) is 3.27. The van der Waals surface area contributed by atoms with Gasteiger partial charge in [0.15, 0.2) is 0 Å². The van der Waals surface area contributed by atoms with Crippen LogP contribution >= 0.6 is 0 Å². The van der Waals surface area contributed by atoms with Gasteiger partial charge in [-0.15, -0.1) is 0 Å².